The van der Waals surface area contributed by atoms with Gasteiger partial charge in [-0.1, -0.05) is 0 Å². The summed E-state index contributed by atoms with van der Waals surface area (Å²) in [6.45, 7) is 0.966. The van der Waals surface area contributed by atoms with Gasteiger partial charge in [0.1, 0.15) is 11.6 Å². The van der Waals surface area contributed by atoms with E-state index in [1.807, 2.05) is 4.57 Å². The van der Waals surface area contributed by atoms with Crippen LogP contribution in [0, 0.1) is 0 Å². The van der Waals surface area contributed by atoms with Gasteiger partial charge in [0, 0.05) is 20.0 Å². The molecule has 1 aliphatic heterocycles. The lowest BCUT2D eigenvalue weighted by atomic mass is 10.2. The number of aromatic nitrogens is 3. The van der Waals surface area contributed by atoms with Crippen LogP contribution in [-0.4, -0.2) is 47.6 Å². The number of carbonyl (C=O) groups excluding carboxylic acids is 1. The van der Waals surface area contributed by atoms with Crippen molar-refractivity contribution in [1.82, 2.24) is 19.1 Å². The third-order valence-electron chi connectivity index (χ3n) is 4.03. The fraction of sp³-hybridized carbons (Fsp3) is 0.400. The van der Waals surface area contributed by atoms with Crippen molar-refractivity contribution >= 4 is 16.0 Å². The van der Waals surface area contributed by atoms with Gasteiger partial charge in [-0.05, 0) is 30.7 Å². The molecule has 0 saturated carbocycles. The predicted molar refractivity (Wildman–Crippen MR) is 84.8 cm³/mol. The van der Waals surface area contributed by atoms with Gasteiger partial charge in [0.05, 0.1) is 24.1 Å². The second kappa shape index (κ2) is 6.33. The Morgan fingerprint density at radius 1 is 1.29 bits per heavy atom. The van der Waals surface area contributed by atoms with Gasteiger partial charge in [0.25, 0.3) is 0 Å². The minimum absolute atomic E-state index is 0.110. The number of hydrogen-bond donors (Lipinski definition) is 0. The highest BCUT2D eigenvalue weighted by Crippen LogP contribution is 2.20. The Labute approximate surface area is 140 Å². The third kappa shape index (κ3) is 2.92. The van der Waals surface area contributed by atoms with Crippen LogP contribution in [-0.2, 0) is 34.3 Å². The van der Waals surface area contributed by atoms with E-state index in [1.165, 1.54) is 42.7 Å². The Hall–Kier alpha value is -2.26. The molecule has 1 aromatic carbocycles. The van der Waals surface area contributed by atoms with Crippen molar-refractivity contribution in [3.8, 4) is 0 Å². The van der Waals surface area contributed by atoms with Crippen molar-refractivity contribution in [1.29, 1.82) is 0 Å². The molecular formula is C15H18N4O4S. The molecule has 1 aliphatic rings. The number of sulfonamides is 1. The Bertz CT molecular complexity index is 858. The first-order valence-corrected chi connectivity index (χ1v) is 8.93. The molecule has 0 fully saturated rings. The lowest BCUT2D eigenvalue weighted by Crippen LogP contribution is -2.28. The second-order valence-corrected chi connectivity index (χ2v) is 7.61. The molecule has 0 bridgehead atoms. The molecule has 0 atom stereocenters. The van der Waals surface area contributed by atoms with Gasteiger partial charge in [-0.15, -0.1) is 10.2 Å². The highest BCUT2D eigenvalue weighted by Gasteiger charge is 2.25. The number of methoxy groups -OCH3 is 1. The van der Waals surface area contributed by atoms with Crippen LogP contribution in [0.25, 0.3) is 0 Å². The summed E-state index contributed by atoms with van der Waals surface area (Å²) >= 11 is 0. The molecule has 0 aliphatic carbocycles. The molecule has 0 spiro atoms. The summed E-state index contributed by atoms with van der Waals surface area (Å²) in [7, 11) is -0.906. The normalized spacial score (nSPS) is 14.0. The van der Waals surface area contributed by atoms with Gasteiger partial charge in [-0.3, -0.25) is 0 Å². The van der Waals surface area contributed by atoms with Crippen molar-refractivity contribution in [2.24, 2.45) is 0 Å². The number of ether oxygens (including phenoxy) is 1. The smallest absolute Gasteiger partial charge is 0.337 e. The number of aryl methyl sites for hydroxylation is 1. The second-order valence-electron chi connectivity index (χ2n) is 5.56. The van der Waals surface area contributed by atoms with Crippen LogP contribution >= 0.6 is 0 Å². The van der Waals surface area contributed by atoms with Crippen molar-refractivity contribution in [2.45, 2.75) is 30.8 Å². The van der Waals surface area contributed by atoms with E-state index in [-0.39, 0.29) is 11.4 Å². The molecule has 0 N–H and O–H groups in total. The summed E-state index contributed by atoms with van der Waals surface area (Å²) in [5.74, 6) is 1.03. The first kappa shape index (κ1) is 16.6. The largest absolute Gasteiger partial charge is 0.465 e. The van der Waals surface area contributed by atoms with E-state index in [9.17, 15) is 13.2 Å². The number of fused-ring (bicyclic) bond motifs is 1. The molecule has 3 rings (SSSR count). The summed E-state index contributed by atoms with van der Waals surface area (Å²) < 4.78 is 33.1. The molecule has 9 heteroatoms. The summed E-state index contributed by atoms with van der Waals surface area (Å²) in [5, 5.41) is 8.16. The third-order valence-corrected chi connectivity index (χ3v) is 5.85. The minimum Gasteiger partial charge on any atom is -0.465 e. The molecule has 2 aromatic rings. The van der Waals surface area contributed by atoms with Gasteiger partial charge >= 0.3 is 5.97 Å². The van der Waals surface area contributed by atoms with Crippen LogP contribution in [0.1, 0.15) is 28.4 Å². The molecule has 2 heterocycles. The highest BCUT2D eigenvalue weighted by molar-refractivity contribution is 7.89. The van der Waals surface area contributed by atoms with Crippen LogP contribution in [0.15, 0.2) is 29.2 Å². The van der Waals surface area contributed by atoms with Gasteiger partial charge in [-0.2, -0.15) is 4.31 Å². The average Bonchev–Trinajstić information content (AvgIpc) is 3.19. The van der Waals surface area contributed by atoms with Crippen LogP contribution in [0.5, 0.6) is 0 Å². The van der Waals surface area contributed by atoms with E-state index in [0.717, 1.165) is 25.2 Å². The zero-order valence-electron chi connectivity index (χ0n) is 13.5. The Morgan fingerprint density at radius 3 is 2.67 bits per heavy atom. The standard InChI is InChI=1S/C15H18N4O4S/c1-18(10-14-17-16-13-4-3-9-19(13)14)24(21,22)12-7-5-11(6-8-12)15(20)23-2/h5-8H,3-4,9-10H2,1-2H3. The Balaban J connectivity index is 1.80. The van der Waals surface area contributed by atoms with E-state index in [0.29, 0.717) is 11.4 Å². The van der Waals surface area contributed by atoms with E-state index in [2.05, 4.69) is 14.9 Å². The topological polar surface area (TPSA) is 94.4 Å². The number of nitrogens with zero attached hydrogens (tertiary/aromatic N) is 4. The molecule has 0 amide bonds. The van der Waals surface area contributed by atoms with Crippen LogP contribution in [0.3, 0.4) is 0 Å². The molecular weight excluding hydrogens is 332 g/mol. The zero-order chi connectivity index (χ0) is 17.3. The maximum absolute atomic E-state index is 12.7. The summed E-state index contributed by atoms with van der Waals surface area (Å²) in [5.41, 5.74) is 0.300. The maximum Gasteiger partial charge on any atom is 0.337 e. The first-order chi connectivity index (χ1) is 11.4. The minimum atomic E-state index is -3.68. The van der Waals surface area contributed by atoms with E-state index >= 15 is 0 Å². The molecule has 1 aromatic heterocycles. The van der Waals surface area contributed by atoms with E-state index in [1.54, 1.807) is 0 Å². The molecule has 8 nitrogen and oxygen atoms in total. The zero-order valence-corrected chi connectivity index (χ0v) is 14.3. The SMILES string of the molecule is COC(=O)c1ccc(S(=O)(=O)N(C)Cc2nnc3n2CCC3)cc1. The Morgan fingerprint density at radius 2 is 2.00 bits per heavy atom. The molecule has 0 unspecified atom stereocenters. The number of carbonyl (C=O) groups is 1. The van der Waals surface area contributed by atoms with Crippen LogP contribution in [0.2, 0.25) is 0 Å². The lowest BCUT2D eigenvalue weighted by molar-refractivity contribution is 0.0600. The quantitative estimate of drug-likeness (QED) is 0.742. The van der Waals surface area contributed by atoms with Crippen molar-refractivity contribution < 1.29 is 17.9 Å². The molecule has 128 valence electrons. The number of benzene rings is 1. The van der Waals surface area contributed by atoms with Gasteiger partial charge in [0.15, 0.2) is 0 Å². The monoisotopic (exact) mass is 350 g/mol. The lowest BCUT2D eigenvalue weighted by Gasteiger charge is -2.17. The first-order valence-electron chi connectivity index (χ1n) is 7.49. The van der Waals surface area contributed by atoms with Crippen LogP contribution in [0.4, 0.5) is 0 Å². The van der Waals surface area contributed by atoms with Crippen molar-refractivity contribution in [3.63, 3.8) is 0 Å². The fourth-order valence-electron chi connectivity index (χ4n) is 2.67. The molecule has 0 saturated heterocycles. The number of rotatable bonds is 5. The van der Waals surface area contributed by atoms with Crippen molar-refractivity contribution in [3.05, 3.63) is 41.5 Å². The van der Waals surface area contributed by atoms with Crippen LogP contribution < -0.4 is 0 Å². The summed E-state index contributed by atoms with van der Waals surface area (Å²) in [6, 6.07) is 5.65. The predicted octanol–water partition coefficient (Wildman–Crippen LogP) is 0.832. The van der Waals surface area contributed by atoms with Gasteiger partial charge < -0.3 is 9.30 Å². The van der Waals surface area contributed by atoms with E-state index < -0.39 is 16.0 Å². The highest BCUT2D eigenvalue weighted by atomic mass is 32.2. The summed E-state index contributed by atoms with van der Waals surface area (Å²) in [6.07, 6.45) is 1.88. The van der Waals surface area contributed by atoms with Gasteiger partial charge in [0.2, 0.25) is 10.0 Å². The number of esters is 1. The number of hydrogen-bond acceptors (Lipinski definition) is 6. The fourth-order valence-corrected chi connectivity index (χ4v) is 3.80. The maximum atomic E-state index is 12.7. The van der Waals surface area contributed by atoms with E-state index in [4.69, 9.17) is 0 Å². The van der Waals surface area contributed by atoms with Gasteiger partial charge in [-0.25, -0.2) is 13.2 Å². The van der Waals surface area contributed by atoms with Crippen molar-refractivity contribution in [2.75, 3.05) is 14.2 Å². The molecule has 0 radical (unpaired) electrons. The summed E-state index contributed by atoms with van der Waals surface area (Å²) in [4.78, 5) is 11.5. The molecule has 24 heavy (non-hydrogen) atoms. The Kier molecular flexibility index (Phi) is 4.37. The average molecular weight is 350 g/mol.